The van der Waals surface area contributed by atoms with Gasteiger partial charge in [0, 0.05) is 18.9 Å². The van der Waals surface area contributed by atoms with Crippen LogP contribution in [0.15, 0.2) is 48.5 Å². The van der Waals surface area contributed by atoms with E-state index in [9.17, 15) is 19.5 Å². The summed E-state index contributed by atoms with van der Waals surface area (Å²) >= 11 is 0. The maximum Gasteiger partial charge on any atom is 0.407 e. The molecule has 0 saturated carbocycles. The second-order valence-corrected chi connectivity index (χ2v) is 8.87. The van der Waals surface area contributed by atoms with E-state index in [0.717, 1.165) is 22.3 Å². The van der Waals surface area contributed by atoms with Crippen LogP contribution in [0.2, 0.25) is 0 Å². The average Bonchev–Trinajstić information content (AvgIpc) is 3.39. The highest BCUT2D eigenvalue weighted by Gasteiger charge is 2.45. The molecule has 1 heterocycles. The number of fused-ring (bicyclic) bond motifs is 3. The Morgan fingerprint density at radius 3 is 2.21 bits per heavy atom. The number of hydrogen-bond donors (Lipinski definition) is 3. The Labute approximate surface area is 192 Å². The van der Waals surface area contributed by atoms with Gasteiger partial charge < -0.3 is 25.2 Å². The number of carboxylic acid groups (broad SMARTS) is 1. The first-order valence-electron chi connectivity index (χ1n) is 11.1. The SMILES string of the molecule is CC(C)C(NC(=O)OCC1c2ccccc2-c2ccccc21)C(=O)NC1(C(=O)O)CCOC1. The third-order valence-corrected chi connectivity index (χ3v) is 6.36. The molecule has 8 heteroatoms. The topological polar surface area (TPSA) is 114 Å². The van der Waals surface area contributed by atoms with E-state index >= 15 is 0 Å². The Kier molecular flexibility index (Phi) is 6.37. The second kappa shape index (κ2) is 9.23. The first kappa shape index (κ1) is 22.8. The third kappa shape index (κ3) is 4.43. The summed E-state index contributed by atoms with van der Waals surface area (Å²) in [5.74, 6) is -2.11. The van der Waals surface area contributed by atoms with E-state index in [-0.39, 0.29) is 38.1 Å². The summed E-state index contributed by atoms with van der Waals surface area (Å²) in [6, 6.07) is 15.1. The lowest BCUT2D eigenvalue weighted by molar-refractivity contribution is -0.148. The molecule has 8 nitrogen and oxygen atoms in total. The minimum atomic E-state index is -1.48. The number of ether oxygens (including phenoxy) is 2. The molecule has 2 unspecified atom stereocenters. The number of carbonyl (C=O) groups is 3. The van der Waals surface area contributed by atoms with Gasteiger partial charge in [-0.25, -0.2) is 9.59 Å². The molecule has 174 valence electrons. The quantitative estimate of drug-likeness (QED) is 0.595. The molecule has 0 spiro atoms. The number of benzene rings is 2. The monoisotopic (exact) mass is 452 g/mol. The van der Waals surface area contributed by atoms with E-state index in [4.69, 9.17) is 9.47 Å². The summed E-state index contributed by atoms with van der Waals surface area (Å²) in [5.41, 5.74) is 2.95. The Balaban J connectivity index is 1.42. The van der Waals surface area contributed by atoms with Gasteiger partial charge in [-0.3, -0.25) is 4.79 Å². The van der Waals surface area contributed by atoms with Crippen molar-refractivity contribution < 1.29 is 29.0 Å². The Bertz CT molecular complexity index is 1010. The van der Waals surface area contributed by atoms with Crippen LogP contribution in [0.4, 0.5) is 4.79 Å². The predicted molar refractivity (Wildman–Crippen MR) is 121 cm³/mol. The lowest BCUT2D eigenvalue weighted by Crippen LogP contribution is -2.61. The summed E-state index contributed by atoms with van der Waals surface area (Å²) in [4.78, 5) is 37.2. The van der Waals surface area contributed by atoms with Crippen LogP contribution in [0.3, 0.4) is 0 Å². The predicted octanol–water partition coefficient (Wildman–Crippen LogP) is 2.91. The fraction of sp³-hybridized carbons (Fsp3) is 0.400. The van der Waals surface area contributed by atoms with E-state index in [2.05, 4.69) is 22.8 Å². The van der Waals surface area contributed by atoms with E-state index < -0.39 is 29.6 Å². The van der Waals surface area contributed by atoms with Crippen LogP contribution in [-0.2, 0) is 19.1 Å². The zero-order chi connectivity index (χ0) is 23.6. The van der Waals surface area contributed by atoms with Crippen molar-refractivity contribution in [2.75, 3.05) is 19.8 Å². The first-order chi connectivity index (χ1) is 15.8. The van der Waals surface area contributed by atoms with Gasteiger partial charge in [0.25, 0.3) is 0 Å². The molecule has 2 amide bonds. The highest BCUT2D eigenvalue weighted by molar-refractivity contribution is 5.91. The molecule has 33 heavy (non-hydrogen) atoms. The summed E-state index contributed by atoms with van der Waals surface area (Å²) in [5, 5.41) is 14.8. The van der Waals surface area contributed by atoms with Gasteiger partial charge in [0.2, 0.25) is 5.91 Å². The van der Waals surface area contributed by atoms with E-state index in [1.54, 1.807) is 13.8 Å². The summed E-state index contributed by atoms with van der Waals surface area (Å²) < 4.78 is 10.7. The molecule has 1 fully saturated rings. The fourth-order valence-electron chi connectivity index (χ4n) is 4.50. The van der Waals surface area contributed by atoms with Crippen LogP contribution in [0.1, 0.15) is 37.3 Å². The number of rotatable bonds is 7. The number of hydrogen-bond acceptors (Lipinski definition) is 5. The van der Waals surface area contributed by atoms with E-state index in [1.807, 2.05) is 36.4 Å². The molecule has 2 atom stereocenters. The van der Waals surface area contributed by atoms with Crippen molar-refractivity contribution in [3.05, 3.63) is 59.7 Å². The molecule has 0 bridgehead atoms. The average molecular weight is 453 g/mol. The van der Waals surface area contributed by atoms with Crippen LogP contribution in [0, 0.1) is 5.92 Å². The molecular weight excluding hydrogens is 424 g/mol. The molecule has 1 saturated heterocycles. The van der Waals surface area contributed by atoms with Crippen molar-refractivity contribution in [3.8, 4) is 11.1 Å². The van der Waals surface area contributed by atoms with Crippen molar-refractivity contribution >= 4 is 18.0 Å². The number of carboxylic acids is 1. The molecule has 0 aromatic heterocycles. The van der Waals surface area contributed by atoms with Gasteiger partial charge in [0.05, 0.1) is 6.61 Å². The fourth-order valence-corrected chi connectivity index (χ4v) is 4.50. The van der Waals surface area contributed by atoms with Crippen LogP contribution in [0.25, 0.3) is 11.1 Å². The first-order valence-corrected chi connectivity index (χ1v) is 11.1. The van der Waals surface area contributed by atoms with Crippen LogP contribution >= 0.6 is 0 Å². The summed E-state index contributed by atoms with van der Waals surface area (Å²) in [6.07, 6.45) is -0.554. The summed E-state index contributed by atoms with van der Waals surface area (Å²) in [6.45, 7) is 3.81. The van der Waals surface area contributed by atoms with Crippen molar-refractivity contribution in [1.29, 1.82) is 0 Å². The number of aliphatic carboxylic acids is 1. The molecule has 4 rings (SSSR count). The number of carbonyl (C=O) groups excluding carboxylic acids is 2. The minimum Gasteiger partial charge on any atom is -0.479 e. The normalized spacial score (nSPS) is 20.1. The largest absolute Gasteiger partial charge is 0.479 e. The van der Waals surface area contributed by atoms with Crippen molar-refractivity contribution in [2.45, 2.75) is 37.8 Å². The summed E-state index contributed by atoms with van der Waals surface area (Å²) in [7, 11) is 0. The zero-order valence-electron chi connectivity index (χ0n) is 18.7. The van der Waals surface area contributed by atoms with Gasteiger partial charge in [0.15, 0.2) is 5.54 Å². The standard InChI is InChI=1S/C25H28N2O6/c1-15(2)21(22(28)27-25(23(29)30)11-12-32-14-25)26-24(31)33-13-20-18-9-5-3-7-16(18)17-8-4-6-10-19(17)20/h3-10,15,20-21H,11-14H2,1-2H3,(H,26,31)(H,27,28)(H,29,30). The molecule has 2 aromatic rings. The van der Waals surface area contributed by atoms with Gasteiger partial charge in [-0.05, 0) is 28.2 Å². The third-order valence-electron chi connectivity index (χ3n) is 6.36. The van der Waals surface area contributed by atoms with Crippen molar-refractivity contribution in [2.24, 2.45) is 5.92 Å². The number of amides is 2. The van der Waals surface area contributed by atoms with Gasteiger partial charge in [-0.1, -0.05) is 62.4 Å². The molecule has 1 aliphatic carbocycles. The maximum atomic E-state index is 12.9. The number of nitrogens with one attached hydrogen (secondary N) is 2. The van der Waals surface area contributed by atoms with Gasteiger partial charge in [-0.2, -0.15) is 0 Å². The van der Waals surface area contributed by atoms with E-state index in [0.29, 0.717) is 0 Å². The highest BCUT2D eigenvalue weighted by Crippen LogP contribution is 2.44. The molecule has 2 aromatic carbocycles. The highest BCUT2D eigenvalue weighted by atomic mass is 16.5. The Morgan fingerprint density at radius 1 is 1.09 bits per heavy atom. The molecule has 2 aliphatic rings. The Morgan fingerprint density at radius 2 is 1.70 bits per heavy atom. The lowest BCUT2D eigenvalue weighted by Gasteiger charge is -2.28. The smallest absolute Gasteiger partial charge is 0.407 e. The molecule has 1 aliphatic heterocycles. The van der Waals surface area contributed by atoms with Crippen molar-refractivity contribution in [1.82, 2.24) is 10.6 Å². The zero-order valence-corrected chi connectivity index (χ0v) is 18.7. The van der Waals surface area contributed by atoms with Crippen molar-refractivity contribution in [3.63, 3.8) is 0 Å². The second-order valence-electron chi connectivity index (χ2n) is 8.87. The van der Waals surface area contributed by atoms with Crippen LogP contribution in [0.5, 0.6) is 0 Å². The van der Waals surface area contributed by atoms with Crippen LogP contribution < -0.4 is 10.6 Å². The van der Waals surface area contributed by atoms with E-state index in [1.165, 1.54) is 0 Å². The number of alkyl carbamates (subject to hydrolysis) is 1. The van der Waals surface area contributed by atoms with Gasteiger partial charge in [-0.15, -0.1) is 0 Å². The van der Waals surface area contributed by atoms with Crippen LogP contribution in [-0.4, -0.2) is 54.5 Å². The van der Waals surface area contributed by atoms with Gasteiger partial charge in [0.1, 0.15) is 12.6 Å². The van der Waals surface area contributed by atoms with Gasteiger partial charge >= 0.3 is 12.1 Å². The minimum absolute atomic E-state index is 0.0969. The lowest BCUT2D eigenvalue weighted by atomic mass is 9.96. The molecule has 0 radical (unpaired) electrons. The molecule has 3 N–H and O–H groups in total. The maximum absolute atomic E-state index is 12.9. The Hall–Kier alpha value is -3.39. The molecular formula is C25H28N2O6.